The lowest BCUT2D eigenvalue weighted by Gasteiger charge is -2.41. The van der Waals surface area contributed by atoms with Gasteiger partial charge in [-0.3, -0.25) is 14.6 Å². The summed E-state index contributed by atoms with van der Waals surface area (Å²) in [5.41, 5.74) is 2.55. The number of halogens is 1. The molecule has 1 aliphatic heterocycles. The van der Waals surface area contributed by atoms with Gasteiger partial charge in [-0.05, 0) is 31.0 Å². The Hall–Kier alpha value is -2.08. The number of piperazine rings is 1. The average molecular weight is 370 g/mol. The van der Waals surface area contributed by atoms with Crippen LogP contribution in [0.5, 0.6) is 0 Å². The number of nitrogens with zero attached hydrogens (tertiary/aromatic N) is 2. The van der Waals surface area contributed by atoms with E-state index < -0.39 is 0 Å². The molecule has 144 valence electrons. The third-order valence-corrected chi connectivity index (χ3v) is 5.22. The fraction of sp³-hybridized carbons (Fsp3) is 0.409. The van der Waals surface area contributed by atoms with Crippen molar-refractivity contribution in [1.29, 1.82) is 0 Å². The molecular weight excluding hydrogens is 343 g/mol. The van der Waals surface area contributed by atoms with Crippen molar-refractivity contribution in [3.8, 4) is 0 Å². The van der Waals surface area contributed by atoms with Gasteiger partial charge in [-0.15, -0.1) is 0 Å². The van der Waals surface area contributed by atoms with Gasteiger partial charge in [0.15, 0.2) is 5.78 Å². The monoisotopic (exact) mass is 370 g/mol. The fourth-order valence-electron chi connectivity index (χ4n) is 3.72. The van der Waals surface area contributed by atoms with Gasteiger partial charge in [-0.25, -0.2) is 4.39 Å². The highest BCUT2D eigenvalue weighted by Crippen LogP contribution is 2.20. The van der Waals surface area contributed by atoms with E-state index in [-0.39, 0.29) is 24.2 Å². The molecule has 3 rings (SSSR count). The van der Waals surface area contributed by atoms with E-state index in [2.05, 4.69) is 9.80 Å². The average Bonchev–Trinajstić information content (AvgIpc) is 2.66. The van der Waals surface area contributed by atoms with Crippen LogP contribution in [0.1, 0.15) is 34.8 Å². The summed E-state index contributed by atoms with van der Waals surface area (Å²) in [5.74, 6) is -0.103. The molecule has 0 bridgehead atoms. The summed E-state index contributed by atoms with van der Waals surface area (Å²) in [7, 11) is 0. The Morgan fingerprint density at radius 1 is 1.15 bits per heavy atom. The van der Waals surface area contributed by atoms with Crippen molar-refractivity contribution < 1.29 is 14.3 Å². The van der Waals surface area contributed by atoms with E-state index in [1.54, 1.807) is 13.0 Å². The fourth-order valence-corrected chi connectivity index (χ4v) is 3.72. The summed E-state index contributed by atoms with van der Waals surface area (Å²) < 4.78 is 14.0. The van der Waals surface area contributed by atoms with Crippen LogP contribution in [-0.4, -0.2) is 53.0 Å². The van der Waals surface area contributed by atoms with Crippen LogP contribution in [0, 0.1) is 5.82 Å². The van der Waals surface area contributed by atoms with Crippen LogP contribution in [0.15, 0.2) is 48.5 Å². The van der Waals surface area contributed by atoms with E-state index in [1.807, 2.05) is 36.4 Å². The molecule has 1 N–H and O–H groups in total. The maximum Gasteiger partial charge on any atom is 0.159 e. The maximum atomic E-state index is 14.0. The number of ketones is 1. The quantitative estimate of drug-likeness (QED) is 0.761. The summed E-state index contributed by atoms with van der Waals surface area (Å²) in [6.07, 6.45) is 0.665. The van der Waals surface area contributed by atoms with Gasteiger partial charge in [0.25, 0.3) is 0 Å². The van der Waals surface area contributed by atoms with E-state index in [1.165, 1.54) is 6.07 Å². The van der Waals surface area contributed by atoms with Gasteiger partial charge < -0.3 is 5.11 Å². The van der Waals surface area contributed by atoms with Gasteiger partial charge in [0.05, 0.1) is 0 Å². The molecule has 0 aromatic heterocycles. The number of hydrogen-bond donors (Lipinski definition) is 1. The standard InChI is InChI=1S/C22H27FN2O2/c1-17(27)19-7-4-5-18(13-19)14-24-10-11-25(21(16-24)9-12-26)15-20-6-2-3-8-22(20)23/h2-8,13,21,26H,9-12,14-16H2,1H3/t21-/m1/s1. The molecule has 5 heteroatoms. The summed E-state index contributed by atoms with van der Waals surface area (Å²) in [4.78, 5) is 16.2. The predicted molar refractivity (Wildman–Crippen MR) is 104 cm³/mol. The molecule has 1 fully saturated rings. The Balaban J connectivity index is 1.66. The molecule has 27 heavy (non-hydrogen) atoms. The Morgan fingerprint density at radius 2 is 1.96 bits per heavy atom. The molecule has 2 aromatic rings. The first kappa shape index (κ1) is 19.7. The lowest BCUT2D eigenvalue weighted by atomic mass is 10.0. The summed E-state index contributed by atoms with van der Waals surface area (Å²) in [6.45, 7) is 5.55. The molecule has 4 nitrogen and oxygen atoms in total. The Labute approximate surface area is 160 Å². The summed E-state index contributed by atoms with van der Waals surface area (Å²) in [5, 5.41) is 9.47. The highest BCUT2D eigenvalue weighted by molar-refractivity contribution is 5.94. The van der Waals surface area contributed by atoms with Gasteiger partial charge in [-0.2, -0.15) is 0 Å². The van der Waals surface area contributed by atoms with Crippen LogP contribution in [0.2, 0.25) is 0 Å². The normalized spacial score (nSPS) is 18.6. The Kier molecular flexibility index (Phi) is 6.72. The van der Waals surface area contributed by atoms with E-state index in [0.29, 0.717) is 18.5 Å². The molecule has 0 spiro atoms. The maximum absolute atomic E-state index is 14.0. The molecule has 1 saturated heterocycles. The van der Waals surface area contributed by atoms with Crippen molar-refractivity contribution >= 4 is 5.78 Å². The SMILES string of the molecule is CC(=O)c1cccc(CN2CCN(Cc3ccccc3F)[C@H](CCO)C2)c1. The first-order valence-electron chi connectivity index (χ1n) is 9.47. The van der Waals surface area contributed by atoms with Crippen LogP contribution >= 0.6 is 0 Å². The third kappa shape index (κ3) is 5.22. The van der Waals surface area contributed by atoms with E-state index in [9.17, 15) is 14.3 Å². The number of aliphatic hydroxyl groups excluding tert-OH is 1. The molecule has 1 atom stereocenters. The number of Topliss-reactive ketones (excluding diaryl/α,β-unsaturated/α-hetero) is 1. The van der Waals surface area contributed by atoms with Crippen molar-refractivity contribution in [3.05, 3.63) is 71.0 Å². The number of hydrogen-bond acceptors (Lipinski definition) is 4. The van der Waals surface area contributed by atoms with Crippen LogP contribution in [0.3, 0.4) is 0 Å². The second-order valence-corrected chi connectivity index (χ2v) is 7.22. The van der Waals surface area contributed by atoms with E-state index >= 15 is 0 Å². The lowest BCUT2D eigenvalue weighted by Crippen LogP contribution is -2.52. The van der Waals surface area contributed by atoms with Crippen molar-refractivity contribution in [1.82, 2.24) is 9.80 Å². The molecule has 0 saturated carbocycles. The third-order valence-electron chi connectivity index (χ3n) is 5.22. The molecule has 1 aliphatic rings. The molecule has 0 amide bonds. The molecule has 0 unspecified atom stereocenters. The van der Waals surface area contributed by atoms with Crippen molar-refractivity contribution in [2.75, 3.05) is 26.2 Å². The summed E-state index contributed by atoms with van der Waals surface area (Å²) in [6, 6.07) is 14.8. The number of carbonyl (C=O) groups is 1. The Bertz CT molecular complexity index is 780. The lowest BCUT2D eigenvalue weighted by molar-refractivity contribution is 0.0493. The zero-order valence-electron chi connectivity index (χ0n) is 15.8. The summed E-state index contributed by atoms with van der Waals surface area (Å²) >= 11 is 0. The zero-order valence-corrected chi connectivity index (χ0v) is 15.8. The second-order valence-electron chi connectivity index (χ2n) is 7.22. The minimum absolute atomic E-state index is 0.0738. The second kappa shape index (κ2) is 9.22. The van der Waals surface area contributed by atoms with Crippen molar-refractivity contribution in [2.24, 2.45) is 0 Å². The van der Waals surface area contributed by atoms with Crippen LogP contribution in [-0.2, 0) is 13.1 Å². The first-order chi connectivity index (χ1) is 13.1. The van der Waals surface area contributed by atoms with Crippen LogP contribution in [0.25, 0.3) is 0 Å². The minimum Gasteiger partial charge on any atom is -0.396 e. The molecular formula is C22H27FN2O2. The molecule has 0 radical (unpaired) electrons. The van der Waals surface area contributed by atoms with Gasteiger partial charge in [-0.1, -0.05) is 36.4 Å². The van der Waals surface area contributed by atoms with Crippen LogP contribution < -0.4 is 0 Å². The van der Waals surface area contributed by atoms with Gasteiger partial charge in [0.2, 0.25) is 0 Å². The van der Waals surface area contributed by atoms with Gasteiger partial charge in [0, 0.05) is 56.5 Å². The largest absolute Gasteiger partial charge is 0.396 e. The van der Waals surface area contributed by atoms with E-state index in [0.717, 1.165) is 37.3 Å². The van der Waals surface area contributed by atoms with E-state index in [4.69, 9.17) is 0 Å². The van der Waals surface area contributed by atoms with Crippen LogP contribution in [0.4, 0.5) is 4.39 Å². The number of benzene rings is 2. The highest BCUT2D eigenvalue weighted by atomic mass is 19.1. The number of rotatable bonds is 7. The predicted octanol–water partition coefficient (Wildman–Crippen LogP) is 3.10. The van der Waals surface area contributed by atoms with Crippen molar-refractivity contribution in [3.63, 3.8) is 0 Å². The van der Waals surface area contributed by atoms with Crippen molar-refractivity contribution in [2.45, 2.75) is 32.5 Å². The topological polar surface area (TPSA) is 43.8 Å². The highest BCUT2D eigenvalue weighted by Gasteiger charge is 2.27. The first-order valence-corrected chi connectivity index (χ1v) is 9.47. The minimum atomic E-state index is -0.177. The van der Waals surface area contributed by atoms with Gasteiger partial charge in [0.1, 0.15) is 5.82 Å². The zero-order chi connectivity index (χ0) is 19.2. The molecule has 2 aromatic carbocycles. The molecule has 0 aliphatic carbocycles. The van der Waals surface area contributed by atoms with Gasteiger partial charge >= 0.3 is 0 Å². The smallest absolute Gasteiger partial charge is 0.159 e. The number of aliphatic hydroxyl groups is 1. The molecule has 1 heterocycles. The number of carbonyl (C=O) groups excluding carboxylic acids is 1. The Morgan fingerprint density at radius 3 is 2.70 bits per heavy atom.